The minimum atomic E-state index is -0.285. The number of halogens is 1. The van der Waals surface area contributed by atoms with Crippen LogP contribution in [0.25, 0.3) is 10.9 Å². The summed E-state index contributed by atoms with van der Waals surface area (Å²) >= 11 is 3.59. The van der Waals surface area contributed by atoms with Crippen molar-refractivity contribution >= 4 is 38.5 Å². The third-order valence-corrected chi connectivity index (χ3v) is 6.49. The highest BCUT2D eigenvalue weighted by molar-refractivity contribution is 9.10. The predicted octanol–water partition coefficient (Wildman–Crippen LogP) is 5.58. The molecule has 1 saturated heterocycles. The first-order valence-corrected chi connectivity index (χ1v) is 10.5. The lowest BCUT2D eigenvalue weighted by Gasteiger charge is -2.39. The highest BCUT2D eigenvalue weighted by Gasteiger charge is 2.50. The van der Waals surface area contributed by atoms with Crippen LogP contribution in [0.15, 0.2) is 28.9 Å². The SMILES string of the molecule is CCOC(=O)c1cnc2ccc(Br)cc2c1N1C[C@@]2(C)C[C@@H]1CC(C)(C)C2. The zero-order valence-electron chi connectivity index (χ0n) is 16.5. The summed E-state index contributed by atoms with van der Waals surface area (Å²) in [5, 5.41) is 1.02. The van der Waals surface area contributed by atoms with Crippen molar-refractivity contribution in [2.45, 2.75) is 53.0 Å². The fourth-order valence-electron chi connectivity index (χ4n) is 5.54. The number of hydrogen-bond donors (Lipinski definition) is 0. The zero-order valence-corrected chi connectivity index (χ0v) is 18.1. The minimum Gasteiger partial charge on any atom is -0.462 e. The molecule has 1 aromatic carbocycles. The maximum atomic E-state index is 12.7. The van der Waals surface area contributed by atoms with Crippen LogP contribution in [0.5, 0.6) is 0 Å². The maximum absolute atomic E-state index is 12.7. The summed E-state index contributed by atoms with van der Waals surface area (Å²) in [7, 11) is 0. The van der Waals surface area contributed by atoms with Gasteiger partial charge in [-0.1, -0.05) is 36.7 Å². The first-order chi connectivity index (χ1) is 12.7. The molecule has 1 aliphatic carbocycles. The Balaban J connectivity index is 1.90. The molecular weight excluding hydrogens is 404 g/mol. The van der Waals surface area contributed by atoms with Crippen molar-refractivity contribution in [1.29, 1.82) is 0 Å². The van der Waals surface area contributed by atoms with Gasteiger partial charge in [-0.2, -0.15) is 0 Å². The van der Waals surface area contributed by atoms with Gasteiger partial charge < -0.3 is 9.64 Å². The maximum Gasteiger partial charge on any atom is 0.341 e. The molecule has 144 valence electrons. The Morgan fingerprint density at radius 1 is 1.33 bits per heavy atom. The van der Waals surface area contributed by atoms with Crippen LogP contribution in [0.1, 0.15) is 57.3 Å². The second kappa shape index (κ2) is 6.47. The molecule has 1 aliphatic heterocycles. The number of anilines is 1. The summed E-state index contributed by atoms with van der Waals surface area (Å²) < 4.78 is 6.36. The topological polar surface area (TPSA) is 42.4 Å². The Hall–Kier alpha value is -1.62. The molecule has 2 atom stereocenters. The quantitative estimate of drug-likeness (QED) is 0.595. The van der Waals surface area contributed by atoms with Crippen LogP contribution in [-0.2, 0) is 4.74 Å². The van der Waals surface area contributed by atoms with Gasteiger partial charge in [0.2, 0.25) is 0 Å². The number of ether oxygens (including phenoxy) is 1. The summed E-state index contributed by atoms with van der Waals surface area (Å²) in [5.74, 6) is -0.285. The molecule has 2 aliphatic rings. The summed E-state index contributed by atoms with van der Waals surface area (Å²) in [4.78, 5) is 19.8. The number of esters is 1. The van der Waals surface area contributed by atoms with Crippen LogP contribution in [-0.4, -0.2) is 30.1 Å². The summed E-state index contributed by atoms with van der Waals surface area (Å²) in [5.41, 5.74) is 3.08. The lowest BCUT2D eigenvalue weighted by molar-refractivity contribution is 0.0526. The molecule has 4 rings (SSSR count). The summed E-state index contributed by atoms with van der Waals surface area (Å²) in [6.07, 6.45) is 5.23. The summed E-state index contributed by atoms with van der Waals surface area (Å²) in [6, 6.07) is 6.52. The molecule has 0 spiro atoms. The van der Waals surface area contributed by atoms with Crippen molar-refractivity contribution in [2.24, 2.45) is 10.8 Å². The van der Waals surface area contributed by atoms with Crippen molar-refractivity contribution < 1.29 is 9.53 Å². The fraction of sp³-hybridized carbons (Fsp3) is 0.545. The molecule has 0 amide bonds. The molecule has 0 unspecified atom stereocenters. The second-order valence-corrected chi connectivity index (χ2v) is 10.2. The highest BCUT2D eigenvalue weighted by atomic mass is 79.9. The van der Waals surface area contributed by atoms with Crippen LogP contribution in [0.3, 0.4) is 0 Å². The van der Waals surface area contributed by atoms with Crippen molar-refractivity contribution in [3.63, 3.8) is 0 Å². The average molecular weight is 431 g/mol. The molecule has 0 N–H and O–H groups in total. The third kappa shape index (κ3) is 3.35. The van der Waals surface area contributed by atoms with Gasteiger partial charge in [-0.25, -0.2) is 4.79 Å². The molecule has 4 nitrogen and oxygen atoms in total. The first-order valence-electron chi connectivity index (χ1n) is 9.73. The van der Waals surface area contributed by atoms with Crippen molar-refractivity contribution in [3.8, 4) is 0 Å². The Labute approximate surface area is 169 Å². The Kier molecular flexibility index (Phi) is 4.49. The monoisotopic (exact) mass is 430 g/mol. The number of rotatable bonds is 3. The fourth-order valence-corrected chi connectivity index (χ4v) is 5.90. The molecule has 27 heavy (non-hydrogen) atoms. The first kappa shape index (κ1) is 18.7. The van der Waals surface area contributed by atoms with Gasteiger partial charge >= 0.3 is 5.97 Å². The molecule has 5 heteroatoms. The van der Waals surface area contributed by atoms with E-state index >= 15 is 0 Å². The van der Waals surface area contributed by atoms with Gasteiger partial charge in [-0.05, 0) is 55.2 Å². The average Bonchev–Trinajstić information content (AvgIpc) is 2.82. The van der Waals surface area contributed by atoms with E-state index in [4.69, 9.17) is 4.74 Å². The van der Waals surface area contributed by atoms with E-state index in [9.17, 15) is 4.79 Å². The number of carbonyl (C=O) groups excluding carboxylic acids is 1. The number of fused-ring (bicyclic) bond motifs is 3. The molecule has 2 fully saturated rings. The van der Waals surface area contributed by atoms with Crippen LogP contribution in [0.2, 0.25) is 0 Å². The van der Waals surface area contributed by atoms with Crippen LogP contribution < -0.4 is 4.90 Å². The third-order valence-electron chi connectivity index (χ3n) is 6.00. The van der Waals surface area contributed by atoms with E-state index in [0.29, 0.717) is 23.6 Å². The van der Waals surface area contributed by atoms with E-state index in [-0.39, 0.29) is 11.4 Å². The lowest BCUT2D eigenvalue weighted by atomic mass is 9.65. The van der Waals surface area contributed by atoms with Crippen LogP contribution in [0, 0.1) is 10.8 Å². The van der Waals surface area contributed by atoms with Gasteiger partial charge in [0, 0.05) is 28.6 Å². The number of pyridine rings is 1. The zero-order chi connectivity index (χ0) is 19.4. The molecule has 2 aromatic rings. The number of nitrogens with zero attached hydrogens (tertiary/aromatic N) is 2. The number of benzene rings is 1. The van der Waals surface area contributed by atoms with Gasteiger partial charge in [0.05, 0.1) is 17.8 Å². The molecule has 2 heterocycles. The molecule has 0 radical (unpaired) electrons. The Morgan fingerprint density at radius 3 is 2.85 bits per heavy atom. The van der Waals surface area contributed by atoms with Gasteiger partial charge in [0.15, 0.2) is 0 Å². The van der Waals surface area contributed by atoms with E-state index in [1.165, 1.54) is 12.8 Å². The molecular formula is C22H27BrN2O2. The van der Waals surface area contributed by atoms with Gasteiger partial charge in [0.25, 0.3) is 0 Å². The standard InChI is InChI=1S/C22H27BrN2O2/c1-5-27-20(26)17-11-24-18-7-6-14(23)8-16(18)19(17)25-13-22(4)10-15(25)9-21(2,3)12-22/h6-8,11,15H,5,9-10,12-13H2,1-4H3/t15-,22-/m0/s1. The van der Waals surface area contributed by atoms with Crippen LogP contribution in [0.4, 0.5) is 5.69 Å². The van der Waals surface area contributed by atoms with Crippen LogP contribution >= 0.6 is 15.9 Å². The highest BCUT2D eigenvalue weighted by Crippen LogP contribution is 2.54. The smallest absolute Gasteiger partial charge is 0.341 e. The van der Waals surface area contributed by atoms with E-state index in [0.717, 1.165) is 34.0 Å². The van der Waals surface area contributed by atoms with E-state index in [1.54, 1.807) is 6.20 Å². The molecule has 2 bridgehead atoms. The van der Waals surface area contributed by atoms with Crippen molar-refractivity contribution in [2.75, 3.05) is 18.1 Å². The Bertz CT molecular complexity index is 911. The van der Waals surface area contributed by atoms with Crippen molar-refractivity contribution in [3.05, 3.63) is 34.4 Å². The van der Waals surface area contributed by atoms with Gasteiger partial charge in [-0.3, -0.25) is 4.98 Å². The molecule has 1 saturated carbocycles. The normalized spacial score (nSPS) is 26.4. The number of aromatic nitrogens is 1. The summed E-state index contributed by atoms with van der Waals surface area (Å²) in [6.45, 7) is 10.3. The van der Waals surface area contributed by atoms with E-state index < -0.39 is 0 Å². The number of carbonyl (C=O) groups is 1. The molecule has 1 aromatic heterocycles. The van der Waals surface area contributed by atoms with Gasteiger partial charge in [-0.15, -0.1) is 0 Å². The lowest BCUT2D eigenvalue weighted by Crippen LogP contribution is -2.35. The van der Waals surface area contributed by atoms with Crippen molar-refractivity contribution in [1.82, 2.24) is 4.98 Å². The number of hydrogen-bond acceptors (Lipinski definition) is 4. The van der Waals surface area contributed by atoms with Gasteiger partial charge in [0.1, 0.15) is 5.56 Å². The largest absolute Gasteiger partial charge is 0.462 e. The Morgan fingerprint density at radius 2 is 2.11 bits per heavy atom. The second-order valence-electron chi connectivity index (χ2n) is 9.24. The van der Waals surface area contributed by atoms with E-state index in [2.05, 4.69) is 52.7 Å². The van der Waals surface area contributed by atoms with E-state index in [1.807, 2.05) is 19.1 Å². The minimum absolute atomic E-state index is 0.278. The predicted molar refractivity (Wildman–Crippen MR) is 112 cm³/mol.